The van der Waals surface area contributed by atoms with Crippen molar-refractivity contribution in [3.8, 4) is 12.1 Å². The average Bonchev–Trinajstić information content (AvgIpc) is 2.63. The number of aliphatic hydroxyl groups is 1. The van der Waals surface area contributed by atoms with Crippen LogP contribution in [0.4, 0.5) is 0 Å². The quantitative estimate of drug-likeness (QED) is 0.733. The van der Waals surface area contributed by atoms with Crippen molar-refractivity contribution >= 4 is 5.91 Å². The first-order valence-electron chi connectivity index (χ1n) is 9.19. The number of hydrogen-bond donors (Lipinski definition) is 1. The molecule has 0 aromatic carbocycles. The van der Waals surface area contributed by atoms with E-state index in [0.29, 0.717) is 32.8 Å². The summed E-state index contributed by atoms with van der Waals surface area (Å²) in [6.45, 7) is 2.78. The molecule has 2 rings (SSSR count). The van der Waals surface area contributed by atoms with Crippen LogP contribution in [0.5, 0.6) is 0 Å². The smallest absolute Gasteiger partial charge is 0.236 e. The molecule has 7 nitrogen and oxygen atoms in total. The van der Waals surface area contributed by atoms with Gasteiger partial charge < -0.3 is 14.7 Å². The van der Waals surface area contributed by atoms with Crippen molar-refractivity contribution in [2.24, 2.45) is 5.92 Å². The Labute approximate surface area is 149 Å². The summed E-state index contributed by atoms with van der Waals surface area (Å²) in [5.74, 6) is 0.0937. The van der Waals surface area contributed by atoms with Crippen molar-refractivity contribution in [1.29, 1.82) is 10.5 Å². The molecule has 138 valence electrons. The van der Waals surface area contributed by atoms with Gasteiger partial charge in [-0.25, -0.2) is 0 Å². The summed E-state index contributed by atoms with van der Waals surface area (Å²) in [7, 11) is 0. The summed E-state index contributed by atoms with van der Waals surface area (Å²) in [5.41, 5.74) is 0. The maximum absolute atomic E-state index is 12.7. The lowest BCUT2D eigenvalue weighted by Crippen LogP contribution is -2.55. The predicted octanol–water partition coefficient (Wildman–Crippen LogP) is 0.894. The fraction of sp³-hybridized carbons (Fsp3) is 0.833. The number of nitrogens with zero attached hydrogens (tertiary/aromatic N) is 4. The highest BCUT2D eigenvalue weighted by Crippen LogP contribution is 2.31. The second-order valence-electron chi connectivity index (χ2n) is 6.83. The molecule has 2 aliphatic rings. The highest BCUT2D eigenvalue weighted by atomic mass is 16.5. The molecule has 0 spiro atoms. The van der Waals surface area contributed by atoms with Gasteiger partial charge in [0.1, 0.15) is 0 Å². The summed E-state index contributed by atoms with van der Waals surface area (Å²) in [4.78, 5) is 16.4. The van der Waals surface area contributed by atoms with Crippen molar-refractivity contribution < 1.29 is 14.6 Å². The number of morpholine rings is 1. The largest absolute Gasteiger partial charge is 0.393 e. The number of aliphatic hydroxyl groups excluding tert-OH is 1. The van der Waals surface area contributed by atoms with Crippen molar-refractivity contribution in [2.75, 3.05) is 39.4 Å². The maximum Gasteiger partial charge on any atom is 0.236 e. The Kier molecular flexibility index (Phi) is 8.14. The van der Waals surface area contributed by atoms with E-state index < -0.39 is 0 Å². The van der Waals surface area contributed by atoms with Gasteiger partial charge in [0.05, 0.1) is 50.8 Å². The molecule has 1 amide bonds. The molecule has 2 fully saturated rings. The van der Waals surface area contributed by atoms with E-state index in [1.54, 1.807) is 4.90 Å². The Balaban J connectivity index is 1.99. The molecular formula is C18H28N4O3. The van der Waals surface area contributed by atoms with Crippen molar-refractivity contribution in [3.05, 3.63) is 0 Å². The van der Waals surface area contributed by atoms with Gasteiger partial charge in [-0.1, -0.05) is 12.8 Å². The van der Waals surface area contributed by atoms with Gasteiger partial charge in [-0.15, -0.1) is 0 Å². The summed E-state index contributed by atoms with van der Waals surface area (Å²) < 4.78 is 5.62. The van der Waals surface area contributed by atoms with E-state index in [-0.39, 0.29) is 43.4 Å². The van der Waals surface area contributed by atoms with E-state index in [2.05, 4.69) is 17.0 Å². The number of ether oxygens (including phenoxy) is 1. The van der Waals surface area contributed by atoms with Crippen molar-refractivity contribution in [2.45, 2.75) is 50.7 Å². The van der Waals surface area contributed by atoms with Gasteiger partial charge in [0, 0.05) is 31.6 Å². The number of amides is 1. The minimum absolute atomic E-state index is 0.0531. The fourth-order valence-electron chi connectivity index (χ4n) is 3.84. The van der Waals surface area contributed by atoms with Crippen molar-refractivity contribution in [3.63, 3.8) is 0 Å². The predicted molar refractivity (Wildman–Crippen MR) is 91.2 cm³/mol. The van der Waals surface area contributed by atoms with Gasteiger partial charge in [-0.3, -0.25) is 9.69 Å². The molecule has 1 saturated heterocycles. The van der Waals surface area contributed by atoms with Crippen LogP contribution in [-0.4, -0.2) is 72.4 Å². The summed E-state index contributed by atoms with van der Waals surface area (Å²) >= 11 is 0. The molecule has 1 aliphatic carbocycles. The van der Waals surface area contributed by atoms with Crippen LogP contribution < -0.4 is 0 Å². The van der Waals surface area contributed by atoms with Crippen LogP contribution in [0.1, 0.15) is 38.5 Å². The normalized spacial score (nSPS) is 27.2. The number of carbonyl (C=O) groups excluding carboxylic acids is 1. The van der Waals surface area contributed by atoms with Crippen LogP contribution in [0.25, 0.3) is 0 Å². The minimum Gasteiger partial charge on any atom is -0.393 e. The maximum atomic E-state index is 12.7. The van der Waals surface area contributed by atoms with Crippen LogP contribution in [0, 0.1) is 28.6 Å². The second-order valence-corrected chi connectivity index (χ2v) is 6.83. The van der Waals surface area contributed by atoms with Gasteiger partial charge in [0.2, 0.25) is 5.91 Å². The lowest BCUT2D eigenvalue weighted by Gasteiger charge is -2.43. The van der Waals surface area contributed by atoms with E-state index in [1.165, 1.54) is 0 Å². The standard InChI is InChI=1S/C18H28N4O3/c19-7-3-9-21(10-4-8-20)18(24)13-22-11-12-25-14-16(22)15-5-1-2-6-17(15)23/h15-17,23H,1-6,9-14H2/t15-,16-,17+/m1/s1. The molecule has 0 radical (unpaired) electrons. The highest BCUT2D eigenvalue weighted by molar-refractivity contribution is 5.78. The van der Waals surface area contributed by atoms with E-state index in [1.807, 2.05) is 0 Å². The Hall–Kier alpha value is -1.67. The number of carbonyl (C=O) groups is 1. The van der Waals surface area contributed by atoms with Crippen LogP contribution in [0.15, 0.2) is 0 Å². The third kappa shape index (κ3) is 5.67. The Morgan fingerprint density at radius 2 is 1.88 bits per heavy atom. The van der Waals surface area contributed by atoms with E-state index in [0.717, 1.165) is 25.7 Å². The Bertz CT molecular complexity index is 495. The molecule has 25 heavy (non-hydrogen) atoms. The van der Waals surface area contributed by atoms with Gasteiger partial charge >= 0.3 is 0 Å². The third-order valence-electron chi connectivity index (χ3n) is 5.23. The molecule has 1 aliphatic heterocycles. The summed E-state index contributed by atoms with van der Waals surface area (Å²) in [6, 6.07) is 4.17. The monoisotopic (exact) mass is 348 g/mol. The van der Waals surface area contributed by atoms with Crippen LogP contribution in [0.2, 0.25) is 0 Å². The Morgan fingerprint density at radius 1 is 1.20 bits per heavy atom. The molecule has 1 saturated carbocycles. The van der Waals surface area contributed by atoms with E-state index in [4.69, 9.17) is 15.3 Å². The Morgan fingerprint density at radius 3 is 2.52 bits per heavy atom. The SMILES string of the molecule is N#CCCN(CCC#N)C(=O)CN1CCOC[C@@H]1[C@H]1CCCC[C@@H]1O. The third-order valence-corrected chi connectivity index (χ3v) is 5.23. The molecule has 0 aromatic heterocycles. The second kappa shape index (κ2) is 10.4. The molecule has 0 bridgehead atoms. The van der Waals surface area contributed by atoms with Gasteiger partial charge in [0.25, 0.3) is 0 Å². The van der Waals surface area contributed by atoms with Crippen LogP contribution in [-0.2, 0) is 9.53 Å². The van der Waals surface area contributed by atoms with E-state index in [9.17, 15) is 9.90 Å². The summed E-state index contributed by atoms with van der Waals surface area (Å²) in [5, 5.41) is 27.9. The first-order valence-corrected chi connectivity index (χ1v) is 9.19. The number of rotatable bonds is 7. The molecule has 3 atom stereocenters. The molecule has 7 heteroatoms. The number of hydrogen-bond acceptors (Lipinski definition) is 6. The van der Waals surface area contributed by atoms with Gasteiger partial charge in [0.15, 0.2) is 0 Å². The van der Waals surface area contributed by atoms with Gasteiger partial charge in [-0.2, -0.15) is 10.5 Å². The van der Waals surface area contributed by atoms with Crippen LogP contribution >= 0.6 is 0 Å². The molecule has 0 aromatic rings. The first kappa shape index (κ1) is 19.7. The lowest BCUT2D eigenvalue weighted by atomic mass is 9.80. The topological polar surface area (TPSA) is 101 Å². The van der Waals surface area contributed by atoms with Gasteiger partial charge in [-0.05, 0) is 12.8 Å². The average molecular weight is 348 g/mol. The van der Waals surface area contributed by atoms with Crippen LogP contribution in [0.3, 0.4) is 0 Å². The lowest BCUT2D eigenvalue weighted by molar-refractivity contribution is -0.137. The fourth-order valence-corrected chi connectivity index (χ4v) is 3.84. The number of nitriles is 2. The molecule has 1 heterocycles. The zero-order valence-electron chi connectivity index (χ0n) is 14.8. The summed E-state index contributed by atoms with van der Waals surface area (Å²) in [6.07, 6.45) is 4.16. The zero-order valence-corrected chi connectivity index (χ0v) is 14.8. The van der Waals surface area contributed by atoms with E-state index >= 15 is 0 Å². The molecular weight excluding hydrogens is 320 g/mol. The minimum atomic E-state index is -0.327. The zero-order chi connectivity index (χ0) is 18.1. The molecule has 1 N–H and O–H groups in total. The van der Waals surface area contributed by atoms with Crippen molar-refractivity contribution in [1.82, 2.24) is 9.80 Å². The first-order chi connectivity index (χ1) is 12.2. The molecule has 0 unspecified atom stereocenters. The highest BCUT2D eigenvalue weighted by Gasteiger charge is 2.37.